The van der Waals surface area contributed by atoms with Gasteiger partial charge in [-0.25, -0.2) is 0 Å². The zero-order chi connectivity index (χ0) is 17.9. The van der Waals surface area contributed by atoms with Crippen LogP contribution in [0.15, 0.2) is 42.5 Å². The molecule has 136 valence electrons. The van der Waals surface area contributed by atoms with Gasteiger partial charge in [0.2, 0.25) is 0 Å². The fraction of sp³-hybridized carbons (Fsp3) is 0.381. The number of hydrogen-bond donors (Lipinski definition) is 0. The van der Waals surface area contributed by atoms with Crippen LogP contribution in [-0.2, 0) is 11.3 Å². The van der Waals surface area contributed by atoms with Crippen molar-refractivity contribution in [2.75, 3.05) is 33.4 Å². The molecule has 1 fully saturated rings. The minimum absolute atomic E-state index is 0.127. The average Bonchev–Trinajstić information content (AvgIpc) is 2.69. The van der Waals surface area contributed by atoms with E-state index in [9.17, 15) is 4.79 Å². The van der Waals surface area contributed by atoms with Crippen LogP contribution in [0.5, 0.6) is 11.5 Å². The van der Waals surface area contributed by atoms with Crippen LogP contribution in [0, 0.1) is 0 Å². The summed E-state index contributed by atoms with van der Waals surface area (Å²) in [4.78, 5) is 14.8. The second-order valence-electron chi connectivity index (χ2n) is 6.69. The van der Waals surface area contributed by atoms with Gasteiger partial charge < -0.3 is 14.2 Å². The summed E-state index contributed by atoms with van der Waals surface area (Å²) in [6.07, 6.45) is 0.104. The van der Waals surface area contributed by atoms with Crippen LogP contribution in [-0.4, -0.2) is 44.1 Å². The number of hydrogen-bond acceptors (Lipinski definition) is 5. The lowest BCUT2D eigenvalue weighted by molar-refractivity contribution is 0.0338. The van der Waals surface area contributed by atoms with Gasteiger partial charge in [-0.3, -0.25) is 9.69 Å². The molecule has 5 nitrogen and oxygen atoms in total. The Hall–Kier alpha value is -2.37. The Morgan fingerprint density at radius 3 is 2.77 bits per heavy atom. The fourth-order valence-corrected chi connectivity index (χ4v) is 3.58. The van der Waals surface area contributed by atoms with Gasteiger partial charge in [0, 0.05) is 25.2 Å². The van der Waals surface area contributed by atoms with Crippen LogP contribution in [0.3, 0.4) is 0 Å². The molecule has 2 aliphatic heterocycles. The third kappa shape index (κ3) is 3.45. The maximum Gasteiger partial charge on any atom is 0.170 e. The van der Waals surface area contributed by atoms with Crippen molar-refractivity contribution in [3.8, 4) is 11.5 Å². The van der Waals surface area contributed by atoms with E-state index in [1.54, 1.807) is 7.11 Å². The standard InChI is InChI=1S/C21H23NO4/c1-24-19-7-6-15(12-16(19)14-22-8-10-25-11-9-22)21-13-18(23)17-4-2-3-5-20(17)26-21/h2-7,12,21H,8-11,13-14H2,1H3/t21-/m0/s1. The Morgan fingerprint density at radius 1 is 1.15 bits per heavy atom. The Morgan fingerprint density at radius 2 is 1.96 bits per heavy atom. The highest BCUT2D eigenvalue weighted by Gasteiger charge is 2.28. The first-order chi connectivity index (χ1) is 12.7. The molecule has 0 aliphatic carbocycles. The SMILES string of the molecule is COc1ccc([C@@H]2CC(=O)c3ccccc3O2)cc1CN1CCOCC1. The largest absolute Gasteiger partial charge is 0.496 e. The summed E-state index contributed by atoms with van der Waals surface area (Å²) >= 11 is 0. The predicted octanol–water partition coefficient (Wildman–Crippen LogP) is 3.23. The fourth-order valence-electron chi connectivity index (χ4n) is 3.58. The molecule has 4 rings (SSSR count). The molecule has 2 aromatic rings. The molecule has 0 amide bonds. The molecule has 2 aromatic carbocycles. The van der Waals surface area contributed by atoms with Crippen LogP contribution >= 0.6 is 0 Å². The van der Waals surface area contributed by atoms with E-state index in [0.717, 1.165) is 49.7 Å². The number of Topliss-reactive ketones (excluding diaryl/α,β-unsaturated/α-hetero) is 1. The van der Waals surface area contributed by atoms with Crippen molar-refractivity contribution < 1.29 is 19.0 Å². The summed E-state index contributed by atoms with van der Waals surface area (Å²) in [5.74, 6) is 1.66. The Balaban J connectivity index is 1.59. The predicted molar refractivity (Wildman–Crippen MR) is 97.8 cm³/mol. The molecule has 1 atom stereocenters. The number of para-hydroxylation sites is 1. The summed E-state index contributed by atoms with van der Waals surface area (Å²) < 4.78 is 17.1. The summed E-state index contributed by atoms with van der Waals surface area (Å²) in [5, 5.41) is 0. The van der Waals surface area contributed by atoms with Crippen LogP contribution in [0.1, 0.15) is 34.0 Å². The summed E-state index contributed by atoms with van der Waals surface area (Å²) in [6, 6.07) is 13.5. The summed E-state index contributed by atoms with van der Waals surface area (Å²) in [5.41, 5.74) is 2.80. The second kappa shape index (κ2) is 7.48. The minimum Gasteiger partial charge on any atom is -0.496 e. The first-order valence-electron chi connectivity index (χ1n) is 9.00. The number of ether oxygens (including phenoxy) is 3. The van der Waals surface area contributed by atoms with E-state index in [1.807, 2.05) is 36.4 Å². The van der Waals surface area contributed by atoms with E-state index in [1.165, 1.54) is 0 Å². The van der Waals surface area contributed by atoms with Gasteiger partial charge in [-0.1, -0.05) is 18.2 Å². The smallest absolute Gasteiger partial charge is 0.170 e. The molecule has 0 spiro atoms. The lowest BCUT2D eigenvalue weighted by atomic mass is 9.95. The van der Waals surface area contributed by atoms with Gasteiger partial charge in [-0.05, 0) is 29.8 Å². The van der Waals surface area contributed by atoms with Gasteiger partial charge in [0.15, 0.2) is 5.78 Å². The lowest BCUT2D eigenvalue weighted by Gasteiger charge is -2.29. The Bertz CT molecular complexity index is 798. The molecule has 2 aliphatic rings. The molecule has 0 saturated carbocycles. The first kappa shape index (κ1) is 17.1. The first-order valence-corrected chi connectivity index (χ1v) is 9.00. The van der Waals surface area contributed by atoms with Crippen LogP contribution < -0.4 is 9.47 Å². The van der Waals surface area contributed by atoms with Gasteiger partial charge in [-0.2, -0.15) is 0 Å². The minimum atomic E-state index is -0.258. The zero-order valence-corrected chi connectivity index (χ0v) is 14.9. The number of carbonyl (C=O) groups is 1. The number of morpholine rings is 1. The Labute approximate surface area is 153 Å². The molecule has 0 aromatic heterocycles. The molecular formula is C21H23NO4. The van der Waals surface area contributed by atoms with Crippen molar-refractivity contribution >= 4 is 5.78 Å². The van der Waals surface area contributed by atoms with Crippen molar-refractivity contribution in [2.45, 2.75) is 19.1 Å². The number of rotatable bonds is 4. The normalized spacial score (nSPS) is 20.3. The molecule has 1 saturated heterocycles. The summed E-state index contributed by atoms with van der Waals surface area (Å²) in [6.45, 7) is 4.16. The van der Waals surface area contributed by atoms with Gasteiger partial charge >= 0.3 is 0 Å². The van der Waals surface area contributed by atoms with Crippen LogP contribution in [0.2, 0.25) is 0 Å². The number of ketones is 1. The van der Waals surface area contributed by atoms with E-state index in [0.29, 0.717) is 17.7 Å². The third-order valence-corrected chi connectivity index (χ3v) is 5.00. The van der Waals surface area contributed by atoms with Gasteiger partial charge in [0.25, 0.3) is 0 Å². The van der Waals surface area contributed by atoms with Crippen molar-refractivity contribution in [2.24, 2.45) is 0 Å². The molecule has 2 heterocycles. The molecule has 5 heteroatoms. The zero-order valence-electron chi connectivity index (χ0n) is 14.9. The highest BCUT2D eigenvalue weighted by Crippen LogP contribution is 2.36. The monoisotopic (exact) mass is 353 g/mol. The van der Waals surface area contributed by atoms with Gasteiger partial charge in [0.05, 0.1) is 32.3 Å². The van der Waals surface area contributed by atoms with Crippen molar-refractivity contribution in [3.05, 3.63) is 59.2 Å². The molecular weight excluding hydrogens is 330 g/mol. The lowest BCUT2D eigenvalue weighted by Crippen LogP contribution is -2.35. The van der Waals surface area contributed by atoms with Crippen LogP contribution in [0.4, 0.5) is 0 Å². The topological polar surface area (TPSA) is 48.0 Å². The second-order valence-corrected chi connectivity index (χ2v) is 6.69. The van der Waals surface area contributed by atoms with Gasteiger partial charge in [0.1, 0.15) is 17.6 Å². The highest BCUT2D eigenvalue weighted by molar-refractivity contribution is 5.99. The van der Waals surface area contributed by atoms with E-state index >= 15 is 0 Å². The molecule has 0 unspecified atom stereocenters. The Kier molecular flexibility index (Phi) is 4.91. The number of benzene rings is 2. The molecule has 0 bridgehead atoms. The number of nitrogens with zero attached hydrogens (tertiary/aromatic N) is 1. The maximum atomic E-state index is 12.5. The molecule has 0 N–H and O–H groups in total. The van der Waals surface area contributed by atoms with Gasteiger partial charge in [-0.15, -0.1) is 0 Å². The highest BCUT2D eigenvalue weighted by atomic mass is 16.5. The number of fused-ring (bicyclic) bond motifs is 1. The quantitative estimate of drug-likeness (QED) is 0.845. The molecule has 0 radical (unpaired) electrons. The van der Waals surface area contributed by atoms with Crippen LogP contribution in [0.25, 0.3) is 0 Å². The van der Waals surface area contributed by atoms with Crippen molar-refractivity contribution in [3.63, 3.8) is 0 Å². The summed E-state index contributed by atoms with van der Waals surface area (Å²) in [7, 11) is 1.69. The van der Waals surface area contributed by atoms with E-state index in [4.69, 9.17) is 14.2 Å². The third-order valence-electron chi connectivity index (χ3n) is 5.00. The number of methoxy groups -OCH3 is 1. The van der Waals surface area contributed by atoms with E-state index < -0.39 is 0 Å². The van der Waals surface area contributed by atoms with E-state index in [2.05, 4.69) is 11.0 Å². The maximum absolute atomic E-state index is 12.5. The van der Waals surface area contributed by atoms with Crippen molar-refractivity contribution in [1.82, 2.24) is 4.90 Å². The molecule has 26 heavy (non-hydrogen) atoms. The number of carbonyl (C=O) groups excluding carboxylic acids is 1. The average molecular weight is 353 g/mol. The van der Waals surface area contributed by atoms with E-state index in [-0.39, 0.29) is 11.9 Å². The van der Waals surface area contributed by atoms with Crippen molar-refractivity contribution in [1.29, 1.82) is 0 Å².